The first-order valence-electron chi connectivity index (χ1n) is 13.2. The molecule has 8 heteroatoms. The molecule has 2 N–H and O–H groups in total. The molecular formula is C29H36N5NaO2. The Hall–Kier alpha value is -2.19. The standard InChI is InChI=1S/C29H37N5O2.Na/c1-19-28(32-20(2)31-19)24-6-3-5-23(15-24)25(16-27(35)36)18-34-14-12-21(17-34)8-10-26-11-9-22-7-4-13-30-29(22)33-26;/h3,5-6,9,11,15,21,25H,4,7-8,10,12-14,16-18H2,1-2H3,(H,30,33)(H,31,32)(H,35,36);/q;+1/p-1/t21-,25-;/m1./s1. The summed E-state index contributed by atoms with van der Waals surface area (Å²) < 4.78 is 0. The van der Waals surface area contributed by atoms with Gasteiger partial charge in [0.2, 0.25) is 0 Å². The molecule has 1 saturated heterocycles. The van der Waals surface area contributed by atoms with Gasteiger partial charge in [-0.1, -0.05) is 24.3 Å². The van der Waals surface area contributed by atoms with E-state index in [1.165, 1.54) is 12.0 Å². The van der Waals surface area contributed by atoms with Gasteiger partial charge in [-0.25, -0.2) is 9.97 Å². The first-order chi connectivity index (χ1) is 17.4. The predicted octanol–water partition coefficient (Wildman–Crippen LogP) is 0.629. The van der Waals surface area contributed by atoms with Crippen molar-refractivity contribution < 1.29 is 39.5 Å². The fourth-order valence-electron chi connectivity index (χ4n) is 5.81. The van der Waals surface area contributed by atoms with Crippen LogP contribution in [0.2, 0.25) is 0 Å². The van der Waals surface area contributed by atoms with E-state index in [1.807, 2.05) is 32.0 Å². The molecule has 0 saturated carbocycles. The summed E-state index contributed by atoms with van der Waals surface area (Å²) in [4.78, 5) is 26.8. The number of hydrogen-bond acceptors (Lipinski definition) is 6. The number of aryl methyl sites for hydroxylation is 4. The van der Waals surface area contributed by atoms with Gasteiger partial charge in [-0.2, -0.15) is 0 Å². The zero-order valence-electron chi connectivity index (χ0n) is 22.3. The van der Waals surface area contributed by atoms with Crippen molar-refractivity contribution >= 4 is 11.8 Å². The van der Waals surface area contributed by atoms with Gasteiger partial charge < -0.3 is 25.1 Å². The summed E-state index contributed by atoms with van der Waals surface area (Å²) in [5, 5.41) is 15.1. The summed E-state index contributed by atoms with van der Waals surface area (Å²) in [7, 11) is 0. The monoisotopic (exact) mass is 509 g/mol. The second-order valence-electron chi connectivity index (χ2n) is 10.5. The summed E-state index contributed by atoms with van der Waals surface area (Å²) >= 11 is 0. The van der Waals surface area contributed by atoms with Gasteiger partial charge in [0.1, 0.15) is 11.6 Å². The minimum absolute atomic E-state index is 0. The van der Waals surface area contributed by atoms with Gasteiger partial charge in [0, 0.05) is 48.5 Å². The van der Waals surface area contributed by atoms with Crippen LogP contribution in [0.3, 0.4) is 0 Å². The molecule has 1 fully saturated rings. The molecule has 7 nitrogen and oxygen atoms in total. The van der Waals surface area contributed by atoms with E-state index in [0.29, 0.717) is 5.92 Å². The summed E-state index contributed by atoms with van der Waals surface area (Å²) in [5.74, 6) is 1.45. The molecule has 1 aromatic carbocycles. The number of anilines is 1. The minimum atomic E-state index is -1.000. The molecule has 190 valence electrons. The Kier molecular flexibility index (Phi) is 9.46. The van der Waals surface area contributed by atoms with Gasteiger partial charge in [0.15, 0.2) is 0 Å². The van der Waals surface area contributed by atoms with Gasteiger partial charge in [0.05, 0.1) is 5.69 Å². The Labute approximate surface area is 241 Å². The Bertz CT molecular complexity index is 1230. The number of aromatic nitrogens is 3. The Balaban J connectivity index is 0.00000320. The molecule has 0 unspecified atom stereocenters. The molecule has 2 aliphatic heterocycles. The Morgan fingerprint density at radius 2 is 2.08 bits per heavy atom. The number of nitrogens with one attached hydrogen (secondary N) is 2. The molecule has 4 heterocycles. The zero-order chi connectivity index (χ0) is 25.1. The molecule has 0 radical (unpaired) electrons. The number of fused-ring (bicyclic) bond motifs is 1. The molecule has 5 rings (SSSR count). The maximum atomic E-state index is 11.6. The fourth-order valence-corrected chi connectivity index (χ4v) is 5.81. The van der Waals surface area contributed by atoms with E-state index in [0.717, 1.165) is 91.7 Å². The third-order valence-electron chi connectivity index (χ3n) is 7.66. The average molecular weight is 510 g/mol. The van der Waals surface area contributed by atoms with Crippen LogP contribution >= 0.6 is 0 Å². The van der Waals surface area contributed by atoms with Crippen molar-refractivity contribution in [2.24, 2.45) is 5.92 Å². The van der Waals surface area contributed by atoms with E-state index in [1.54, 1.807) is 0 Å². The van der Waals surface area contributed by atoms with E-state index in [-0.39, 0.29) is 41.9 Å². The quantitative estimate of drug-likeness (QED) is 0.411. The van der Waals surface area contributed by atoms with E-state index >= 15 is 0 Å². The summed E-state index contributed by atoms with van der Waals surface area (Å²) in [6, 6.07) is 12.6. The van der Waals surface area contributed by atoms with Crippen LogP contribution in [-0.4, -0.2) is 52.0 Å². The van der Waals surface area contributed by atoms with E-state index < -0.39 is 5.97 Å². The molecule has 0 aliphatic carbocycles. The summed E-state index contributed by atoms with van der Waals surface area (Å²) in [5.41, 5.74) is 6.49. The number of pyridine rings is 1. The third-order valence-corrected chi connectivity index (χ3v) is 7.66. The predicted molar refractivity (Wildman–Crippen MR) is 140 cm³/mol. The Morgan fingerprint density at radius 3 is 2.86 bits per heavy atom. The number of aliphatic carboxylic acids is 1. The van der Waals surface area contributed by atoms with Crippen LogP contribution in [0.4, 0.5) is 5.82 Å². The van der Waals surface area contributed by atoms with Crippen LogP contribution in [0, 0.1) is 19.8 Å². The smallest absolute Gasteiger partial charge is 0.550 e. The SMILES string of the molecule is Cc1nc(-c2cccc([C@H](CC(=O)[O-])CN3CC[C@@H](CCc4ccc5c(n4)NCCC5)C3)c2)c(C)[nH]1.[Na+]. The number of carbonyl (C=O) groups is 1. The largest absolute Gasteiger partial charge is 1.00 e. The number of benzene rings is 1. The molecule has 37 heavy (non-hydrogen) atoms. The van der Waals surface area contributed by atoms with Crippen molar-refractivity contribution in [3.05, 3.63) is 64.7 Å². The number of rotatable bonds is 9. The molecule has 0 spiro atoms. The number of carboxylic acids is 1. The molecule has 3 aromatic rings. The first-order valence-corrected chi connectivity index (χ1v) is 13.2. The number of carbonyl (C=O) groups excluding carboxylic acids is 1. The number of aromatic amines is 1. The van der Waals surface area contributed by atoms with E-state index in [9.17, 15) is 9.90 Å². The number of H-pyrrole nitrogens is 1. The van der Waals surface area contributed by atoms with Gasteiger partial charge in [-0.15, -0.1) is 0 Å². The molecular weight excluding hydrogens is 473 g/mol. The Morgan fingerprint density at radius 1 is 1.22 bits per heavy atom. The molecule has 2 aliphatic rings. The van der Waals surface area contributed by atoms with Crippen LogP contribution in [0.5, 0.6) is 0 Å². The third kappa shape index (κ3) is 7.02. The second kappa shape index (κ2) is 12.6. The van der Waals surface area contributed by atoms with E-state index in [4.69, 9.17) is 4.98 Å². The maximum Gasteiger partial charge on any atom is 1.00 e. The zero-order valence-corrected chi connectivity index (χ0v) is 24.3. The van der Waals surface area contributed by atoms with Gasteiger partial charge in [0.25, 0.3) is 0 Å². The van der Waals surface area contributed by atoms with Crippen molar-refractivity contribution in [3.8, 4) is 11.3 Å². The second-order valence-corrected chi connectivity index (χ2v) is 10.5. The number of carboxylic acid groups (broad SMARTS) is 1. The number of hydrogen-bond donors (Lipinski definition) is 2. The molecule has 0 bridgehead atoms. The van der Waals surface area contributed by atoms with Crippen LogP contribution in [0.25, 0.3) is 11.3 Å². The van der Waals surface area contributed by atoms with E-state index in [2.05, 4.69) is 38.4 Å². The maximum absolute atomic E-state index is 11.6. The van der Waals surface area contributed by atoms with Crippen LogP contribution in [0.15, 0.2) is 36.4 Å². The topological polar surface area (TPSA) is 97.0 Å². The first kappa shape index (κ1) is 27.8. The van der Waals surface area contributed by atoms with Crippen molar-refractivity contribution in [3.63, 3.8) is 0 Å². The number of imidazole rings is 1. The van der Waals surface area contributed by atoms with Crippen LogP contribution in [0.1, 0.15) is 59.9 Å². The summed E-state index contributed by atoms with van der Waals surface area (Å²) in [6.45, 7) is 7.71. The van der Waals surface area contributed by atoms with Gasteiger partial charge in [-0.05, 0) is 88.1 Å². The van der Waals surface area contributed by atoms with Crippen molar-refractivity contribution in [1.29, 1.82) is 0 Å². The number of likely N-dealkylation sites (tertiary alicyclic amines) is 1. The fraction of sp³-hybridized carbons (Fsp3) is 0.483. The minimum Gasteiger partial charge on any atom is -0.550 e. The van der Waals surface area contributed by atoms with Gasteiger partial charge >= 0.3 is 29.6 Å². The van der Waals surface area contributed by atoms with Crippen molar-refractivity contribution in [2.45, 2.75) is 58.3 Å². The van der Waals surface area contributed by atoms with Crippen LogP contribution in [-0.2, 0) is 17.6 Å². The average Bonchev–Trinajstić information content (AvgIpc) is 3.47. The van der Waals surface area contributed by atoms with Crippen molar-refractivity contribution in [2.75, 3.05) is 31.5 Å². The number of nitrogens with zero attached hydrogens (tertiary/aromatic N) is 3. The van der Waals surface area contributed by atoms with Gasteiger partial charge in [-0.3, -0.25) is 0 Å². The molecule has 2 atom stereocenters. The van der Waals surface area contributed by atoms with Crippen molar-refractivity contribution in [1.82, 2.24) is 19.9 Å². The summed E-state index contributed by atoms with van der Waals surface area (Å²) in [6.07, 6.45) is 5.56. The van der Waals surface area contributed by atoms with Crippen LogP contribution < -0.4 is 40.0 Å². The molecule has 0 amide bonds. The molecule has 2 aromatic heterocycles. The normalized spacial score (nSPS) is 18.1.